The second-order valence-corrected chi connectivity index (χ2v) is 7.10. The summed E-state index contributed by atoms with van der Waals surface area (Å²) < 4.78 is 0. The Labute approximate surface area is 166 Å². The van der Waals surface area contributed by atoms with Crippen LogP contribution >= 0.6 is 0 Å². The average molecular weight is 383 g/mol. The molecular formula is C22H30N4O2. The van der Waals surface area contributed by atoms with E-state index in [0.717, 1.165) is 18.4 Å². The molecule has 0 saturated heterocycles. The smallest absolute Gasteiger partial charge is 0.269 e. The van der Waals surface area contributed by atoms with E-state index in [1.54, 1.807) is 19.2 Å². The van der Waals surface area contributed by atoms with Crippen molar-refractivity contribution in [1.29, 1.82) is 0 Å². The van der Waals surface area contributed by atoms with Gasteiger partial charge in [-0.3, -0.25) is 9.59 Å². The number of nitrogens with two attached hydrogens (primary N) is 1. The number of hydrogen-bond acceptors (Lipinski definition) is 4. The van der Waals surface area contributed by atoms with Crippen LogP contribution in [-0.2, 0) is 0 Å². The van der Waals surface area contributed by atoms with Crippen LogP contribution in [0.2, 0.25) is 0 Å². The van der Waals surface area contributed by atoms with Crippen molar-refractivity contribution in [2.24, 2.45) is 11.7 Å². The summed E-state index contributed by atoms with van der Waals surface area (Å²) in [5.74, 6) is -0.0958. The molecule has 1 aromatic heterocycles. The average Bonchev–Trinajstić information content (AvgIpc) is 2.73. The van der Waals surface area contributed by atoms with Crippen LogP contribution in [0, 0.1) is 5.92 Å². The van der Waals surface area contributed by atoms with Gasteiger partial charge in [-0.15, -0.1) is 0 Å². The summed E-state index contributed by atoms with van der Waals surface area (Å²) in [4.78, 5) is 29.3. The summed E-state index contributed by atoms with van der Waals surface area (Å²) in [6.07, 6.45) is 1.80. The van der Waals surface area contributed by atoms with Crippen LogP contribution in [0.25, 0.3) is 0 Å². The first-order valence-corrected chi connectivity index (χ1v) is 9.73. The first kappa shape index (κ1) is 21.6. The molecule has 4 N–H and O–H groups in total. The molecule has 0 spiro atoms. The quantitative estimate of drug-likeness (QED) is 0.621. The van der Waals surface area contributed by atoms with Crippen molar-refractivity contribution in [3.63, 3.8) is 0 Å². The molecule has 0 aliphatic carbocycles. The molecule has 6 nitrogen and oxygen atoms in total. The number of nitrogens with one attached hydrogen (secondary N) is 2. The van der Waals surface area contributed by atoms with E-state index < -0.39 is 0 Å². The van der Waals surface area contributed by atoms with Crippen LogP contribution in [0.4, 0.5) is 0 Å². The zero-order valence-electron chi connectivity index (χ0n) is 16.9. The number of nitrogens with zero attached hydrogens (tertiary/aromatic N) is 1. The van der Waals surface area contributed by atoms with Crippen molar-refractivity contribution >= 4 is 11.8 Å². The fourth-order valence-corrected chi connectivity index (χ4v) is 3.02. The Morgan fingerprint density at radius 2 is 1.79 bits per heavy atom. The third kappa shape index (κ3) is 5.89. The molecule has 1 aromatic carbocycles. The summed E-state index contributed by atoms with van der Waals surface area (Å²) in [7, 11) is 1.55. The van der Waals surface area contributed by atoms with Gasteiger partial charge in [-0.1, -0.05) is 44.2 Å². The molecule has 0 saturated carbocycles. The Kier molecular flexibility index (Phi) is 8.14. The van der Waals surface area contributed by atoms with Crippen molar-refractivity contribution in [1.82, 2.24) is 15.6 Å². The minimum absolute atomic E-state index is 0.0399. The molecule has 0 bridgehead atoms. The number of pyridine rings is 1. The van der Waals surface area contributed by atoms with Crippen LogP contribution in [0.5, 0.6) is 0 Å². The predicted octanol–water partition coefficient (Wildman–Crippen LogP) is 2.70. The minimum Gasteiger partial charge on any atom is -0.354 e. The fourth-order valence-electron chi connectivity index (χ4n) is 3.02. The highest BCUT2D eigenvalue weighted by Gasteiger charge is 2.18. The first-order valence-electron chi connectivity index (χ1n) is 9.73. The van der Waals surface area contributed by atoms with Crippen LogP contribution in [0.15, 0.2) is 42.5 Å². The molecule has 150 valence electrons. The van der Waals surface area contributed by atoms with E-state index in [4.69, 9.17) is 5.73 Å². The van der Waals surface area contributed by atoms with Gasteiger partial charge in [0.25, 0.3) is 11.8 Å². The second kappa shape index (κ2) is 10.6. The molecule has 1 heterocycles. The van der Waals surface area contributed by atoms with Crippen molar-refractivity contribution in [3.8, 4) is 0 Å². The lowest BCUT2D eigenvalue weighted by Crippen LogP contribution is -2.27. The molecule has 0 aliphatic heterocycles. The lowest BCUT2D eigenvalue weighted by Gasteiger charge is -2.15. The highest BCUT2D eigenvalue weighted by Crippen LogP contribution is 2.23. The Morgan fingerprint density at radius 1 is 1.07 bits per heavy atom. The molecule has 0 fully saturated rings. The Morgan fingerprint density at radius 3 is 2.43 bits per heavy atom. The maximum Gasteiger partial charge on any atom is 0.269 e. The number of aromatic nitrogens is 1. The molecule has 2 atom stereocenters. The van der Waals surface area contributed by atoms with Crippen LogP contribution < -0.4 is 16.4 Å². The fraction of sp³-hybridized carbons (Fsp3) is 0.409. The van der Waals surface area contributed by atoms with Gasteiger partial charge in [-0.25, -0.2) is 4.98 Å². The largest absolute Gasteiger partial charge is 0.354 e. The number of rotatable bonds is 9. The van der Waals surface area contributed by atoms with E-state index >= 15 is 0 Å². The highest BCUT2D eigenvalue weighted by molar-refractivity contribution is 5.98. The number of benzene rings is 1. The molecule has 2 amide bonds. The van der Waals surface area contributed by atoms with E-state index in [1.165, 1.54) is 0 Å². The van der Waals surface area contributed by atoms with E-state index in [2.05, 4.69) is 22.5 Å². The lowest BCUT2D eigenvalue weighted by atomic mass is 9.95. The Hall–Kier alpha value is -2.73. The monoisotopic (exact) mass is 382 g/mol. The Bertz CT molecular complexity index is 792. The van der Waals surface area contributed by atoms with Gasteiger partial charge in [0.1, 0.15) is 5.69 Å². The standard InChI is InChI=1S/C22H30N4O2/c1-15(9-11-23)10-12-25-21(27)18-13-19(26-20(14-18)22(28)24-3)16(2)17-7-5-4-6-8-17/h4-8,13-16H,9-12,23H2,1-3H3,(H,24,28)(H,25,27). The van der Waals surface area contributed by atoms with Crippen molar-refractivity contribution in [2.45, 2.75) is 32.6 Å². The Balaban J connectivity index is 2.23. The van der Waals surface area contributed by atoms with Crippen molar-refractivity contribution in [3.05, 3.63) is 65.0 Å². The van der Waals surface area contributed by atoms with Gasteiger partial charge in [-0.05, 0) is 43.0 Å². The molecule has 2 rings (SSSR count). The molecule has 28 heavy (non-hydrogen) atoms. The minimum atomic E-state index is -0.312. The maximum atomic E-state index is 12.7. The van der Waals surface area contributed by atoms with E-state index in [9.17, 15) is 9.59 Å². The molecule has 2 aromatic rings. The van der Waals surface area contributed by atoms with E-state index in [1.807, 2.05) is 37.3 Å². The predicted molar refractivity (Wildman–Crippen MR) is 111 cm³/mol. The van der Waals surface area contributed by atoms with Crippen molar-refractivity contribution < 1.29 is 9.59 Å². The van der Waals surface area contributed by atoms with Gasteiger partial charge in [0, 0.05) is 30.8 Å². The summed E-state index contributed by atoms with van der Waals surface area (Å²) in [6, 6.07) is 13.2. The molecular weight excluding hydrogens is 352 g/mol. The van der Waals surface area contributed by atoms with E-state index in [0.29, 0.717) is 30.3 Å². The van der Waals surface area contributed by atoms with Gasteiger partial charge in [-0.2, -0.15) is 0 Å². The first-order chi connectivity index (χ1) is 13.5. The zero-order chi connectivity index (χ0) is 20.5. The highest BCUT2D eigenvalue weighted by atomic mass is 16.2. The van der Waals surface area contributed by atoms with Gasteiger partial charge in [0.15, 0.2) is 0 Å². The summed E-state index contributed by atoms with van der Waals surface area (Å²) >= 11 is 0. The third-order valence-corrected chi connectivity index (χ3v) is 4.89. The molecule has 2 unspecified atom stereocenters. The summed E-state index contributed by atoms with van der Waals surface area (Å²) in [5, 5.41) is 5.52. The maximum absolute atomic E-state index is 12.7. The van der Waals surface area contributed by atoms with Crippen LogP contribution in [0.3, 0.4) is 0 Å². The van der Waals surface area contributed by atoms with Crippen molar-refractivity contribution in [2.75, 3.05) is 20.1 Å². The molecule has 6 heteroatoms. The van der Waals surface area contributed by atoms with Gasteiger partial charge >= 0.3 is 0 Å². The summed E-state index contributed by atoms with van der Waals surface area (Å²) in [5.41, 5.74) is 8.02. The van der Waals surface area contributed by atoms with Gasteiger partial charge in [0.05, 0.1) is 0 Å². The second-order valence-electron chi connectivity index (χ2n) is 7.10. The topological polar surface area (TPSA) is 97.1 Å². The number of carbonyl (C=O) groups is 2. The van der Waals surface area contributed by atoms with Crippen LogP contribution in [0.1, 0.15) is 64.7 Å². The lowest BCUT2D eigenvalue weighted by molar-refractivity contribution is 0.0951. The summed E-state index contributed by atoms with van der Waals surface area (Å²) in [6.45, 7) is 5.35. The van der Waals surface area contributed by atoms with Crippen LogP contribution in [-0.4, -0.2) is 36.9 Å². The number of carbonyl (C=O) groups excluding carboxylic acids is 2. The third-order valence-electron chi connectivity index (χ3n) is 4.89. The molecule has 0 aliphatic rings. The van der Waals surface area contributed by atoms with Gasteiger partial charge in [0.2, 0.25) is 0 Å². The molecule has 0 radical (unpaired) electrons. The number of amides is 2. The zero-order valence-corrected chi connectivity index (χ0v) is 16.9. The van der Waals surface area contributed by atoms with E-state index in [-0.39, 0.29) is 23.4 Å². The number of hydrogen-bond donors (Lipinski definition) is 3. The van der Waals surface area contributed by atoms with Gasteiger partial charge < -0.3 is 16.4 Å². The normalized spacial score (nSPS) is 12.9. The SMILES string of the molecule is CNC(=O)c1cc(C(=O)NCCC(C)CCN)cc(C(C)c2ccccc2)n1.